The zero-order chi connectivity index (χ0) is 24.3. The predicted molar refractivity (Wildman–Crippen MR) is 119 cm³/mol. The van der Waals surface area contributed by atoms with E-state index in [0.717, 1.165) is 30.3 Å². The predicted octanol–water partition coefficient (Wildman–Crippen LogP) is 3.89. The van der Waals surface area contributed by atoms with Crippen molar-refractivity contribution in [3.63, 3.8) is 0 Å². The monoisotopic (exact) mass is 461 g/mol. The Morgan fingerprint density at radius 3 is 2.64 bits per heavy atom. The fourth-order valence-electron chi connectivity index (χ4n) is 3.69. The van der Waals surface area contributed by atoms with E-state index in [2.05, 4.69) is 25.3 Å². The third-order valence-electron chi connectivity index (χ3n) is 5.30. The number of aromatic hydroxyl groups is 1. The quantitative estimate of drug-likeness (QED) is 0.572. The zero-order valence-corrected chi connectivity index (χ0v) is 18.8. The molecule has 0 fully saturated rings. The molecule has 0 radical (unpaired) electrons. The highest BCUT2D eigenvalue weighted by atomic mass is 19.4. The Bertz CT molecular complexity index is 1150. The van der Waals surface area contributed by atoms with Gasteiger partial charge in [-0.3, -0.25) is 9.67 Å². The van der Waals surface area contributed by atoms with E-state index in [1.807, 2.05) is 20.9 Å². The molecule has 0 spiro atoms. The van der Waals surface area contributed by atoms with Gasteiger partial charge in [0.25, 0.3) is 0 Å². The topological polar surface area (TPSA) is 115 Å². The van der Waals surface area contributed by atoms with Crippen molar-refractivity contribution in [2.75, 3.05) is 5.73 Å². The normalized spacial score (nSPS) is 15.8. The summed E-state index contributed by atoms with van der Waals surface area (Å²) in [7, 11) is 1.85. The number of anilines is 1. The van der Waals surface area contributed by atoms with Gasteiger partial charge in [-0.05, 0) is 37.5 Å². The van der Waals surface area contributed by atoms with Crippen LogP contribution in [0.1, 0.15) is 48.5 Å². The Kier molecular flexibility index (Phi) is 6.99. The summed E-state index contributed by atoms with van der Waals surface area (Å²) in [6, 6.07) is 1.65. The molecule has 0 bridgehead atoms. The number of phenols is 1. The largest absolute Gasteiger partial charge is 0.507 e. The molecule has 2 aromatic heterocycles. The van der Waals surface area contributed by atoms with E-state index in [-0.39, 0.29) is 28.7 Å². The first-order valence-corrected chi connectivity index (χ1v) is 10.6. The first-order chi connectivity index (χ1) is 15.6. The number of fused-ring (bicyclic) bond motifs is 1. The molecule has 33 heavy (non-hydrogen) atoms. The molecule has 0 saturated carbocycles. The van der Waals surface area contributed by atoms with Gasteiger partial charge in [-0.15, -0.1) is 5.10 Å². The van der Waals surface area contributed by atoms with Crippen LogP contribution in [0.2, 0.25) is 0 Å². The number of rotatable bonds is 3. The Morgan fingerprint density at radius 2 is 2.00 bits per heavy atom. The molecule has 1 unspecified atom stereocenters. The number of nitrogens with two attached hydrogens (primary N) is 1. The van der Waals surface area contributed by atoms with Gasteiger partial charge < -0.3 is 10.8 Å². The van der Waals surface area contributed by atoms with E-state index in [9.17, 15) is 18.3 Å². The molecule has 0 amide bonds. The molecule has 0 saturated heterocycles. The minimum absolute atomic E-state index is 0.0341. The summed E-state index contributed by atoms with van der Waals surface area (Å²) in [5.41, 5.74) is 8.01. The van der Waals surface area contributed by atoms with E-state index in [1.54, 1.807) is 10.9 Å². The fraction of sp³-hybridized carbons (Fsp3) is 0.409. The van der Waals surface area contributed by atoms with Gasteiger partial charge >= 0.3 is 6.18 Å². The molecule has 176 valence electrons. The minimum Gasteiger partial charge on any atom is -0.507 e. The number of aliphatic imine (C=N–C) groups is 1. The molecule has 1 aliphatic carbocycles. The van der Waals surface area contributed by atoms with Crippen LogP contribution in [-0.4, -0.2) is 42.3 Å². The summed E-state index contributed by atoms with van der Waals surface area (Å²) in [4.78, 5) is 13.0. The number of phenolic OH excluding ortho intramolecular Hbond substituents is 1. The Hall–Kier alpha value is -3.50. The van der Waals surface area contributed by atoms with E-state index in [4.69, 9.17) is 5.73 Å². The number of alkyl halides is 3. The number of hydrogen-bond acceptors (Lipinski definition) is 7. The van der Waals surface area contributed by atoms with Crippen LogP contribution in [0.25, 0.3) is 11.3 Å². The summed E-state index contributed by atoms with van der Waals surface area (Å²) in [6.07, 6.45) is 0.669. The minimum atomic E-state index is -4.56. The first kappa shape index (κ1) is 24.1. The van der Waals surface area contributed by atoms with E-state index in [1.165, 1.54) is 13.1 Å². The van der Waals surface area contributed by atoms with Crippen molar-refractivity contribution in [2.45, 2.75) is 52.3 Å². The van der Waals surface area contributed by atoms with Gasteiger partial charge in [0.2, 0.25) is 0 Å². The molecule has 1 aromatic carbocycles. The number of nitrogens with zero attached hydrogens (tertiary/aromatic N) is 6. The van der Waals surface area contributed by atoms with Crippen molar-refractivity contribution in [2.24, 2.45) is 12.0 Å². The zero-order valence-electron chi connectivity index (χ0n) is 18.8. The van der Waals surface area contributed by atoms with Crippen molar-refractivity contribution in [1.29, 1.82) is 0 Å². The molecule has 3 N–H and O–H groups in total. The molecular formula is C22H26F3N7O. The standard InChI is InChI=1S/C20H20F3N7O.C2H6/c1-10-5-11(20(21,22)23)6-17(31)18(10)14-8-26-15(19(24)27-14)9-25-12-3-4-13-16(7-12)30(2)29-28-13;1-2/h5-6,8-9,12,31H,3-4,7H2,1-2H3,(H2,24,27);1-2H3. The van der Waals surface area contributed by atoms with Crippen molar-refractivity contribution in [3.8, 4) is 17.0 Å². The summed E-state index contributed by atoms with van der Waals surface area (Å²) in [5, 5.41) is 18.3. The van der Waals surface area contributed by atoms with E-state index in [0.29, 0.717) is 18.2 Å². The lowest BCUT2D eigenvalue weighted by Crippen LogP contribution is -2.19. The van der Waals surface area contributed by atoms with Gasteiger partial charge in [0.15, 0.2) is 5.82 Å². The van der Waals surface area contributed by atoms with E-state index >= 15 is 0 Å². The molecule has 1 aliphatic rings. The number of benzene rings is 1. The van der Waals surface area contributed by atoms with Crippen LogP contribution < -0.4 is 5.73 Å². The van der Waals surface area contributed by atoms with E-state index < -0.39 is 17.5 Å². The second-order valence-electron chi connectivity index (χ2n) is 7.49. The molecule has 3 aromatic rings. The summed E-state index contributed by atoms with van der Waals surface area (Å²) in [6.45, 7) is 5.46. The van der Waals surface area contributed by atoms with Crippen LogP contribution in [0.5, 0.6) is 5.75 Å². The SMILES string of the molecule is CC.Cc1cc(C(F)(F)F)cc(O)c1-c1cnc(C=NC2CCc3nnn(C)c3C2)c(N)n1. The Morgan fingerprint density at radius 1 is 1.27 bits per heavy atom. The summed E-state index contributed by atoms with van der Waals surface area (Å²) in [5.74, 6) is -0.469. The Balaban J connectivity index is 0.00000149. The maximum atomic E-state index is 12.9. The fourth-order valence-corrected chi connectivity index (χ4v) is 3.69. The molecule has 8 nitrogen and oxygen atoms in total. The highest BCUT2D eigenvalue weighted by Crippen LogP contribution is 2.38. The van der Waals surface area contributed by atoms with Gasteiger partial charge in [0.1, 0.15) is 11.4 Å². The number of aromatic nitrogens is 5. The molecule has 2 heterocycles. The first-order valence-electron chi connectivity index (χ1n) is 10.6. The second kappa shape index (κ2) is 9.55. The van der Waals surface area contributed by atoms with Crippen molar-refractivity contribution < 1.29 is 18.3 Å². The van der Waals surface area contributed by atoms with Gasteiger partial charge in [-0.2, -0.15) is 13.2 Å². The average Bonchev–Trinajstić information content (AvgIpc) is 3.13. The van der Waals surface area contributed by atoms with Crippen molar-refractivity contribution in [1.82, 2.24) is 25.0 Å². The molecule has 4 rings (SSSR count). The smallest absolute Gasteiger partial charge is 0.416 e. The van der Waals surface area contributed by atoms with Crippen molar-refractivity contribution >= 4 is 12.0 Å². The molecule has 1 atom stereocenters. The highest BCUT2D eigenvalue weighted by molar-refractivity contribution is 5.84. The molecule has 0 aliphatic heterocycles. The van der Waals surface area contributed by atoms with Crippen LogP contribution in [0.15, 0.2) is 23.3 Å². The van der Waals surface area contributed by atoms with Crippen LogP contribution in [0.4, 0.5) is 19.0 Å². The molecular weight excluding hydrogens is 435 g/mol. The van der Waals surface area contributed by atoms with Gasteiger partial charge in [0.05, 0.1) is 41.1 Å². The number of hydrogen-bond donors (Lipinski definition) is 2. The van der Waals surface area contributed by atoms with Crippen molar-refractivity contribution in [3.05, 3.63) is 46.5 Å². The van der Waals surface area contributed by atoms with Gasteiger partial charge in [-0.25, -0.2) is 9.97 Å². The van der Waals surface area contributed by atoms with Crippen LogP contribution in [-0.2, 0) is 26.1 Å². The highest BCUT2D eigenvalue weighted by Gasteiger charge is 2.32. The lowest BCUT2D eigenvalue weighted by molar-refractivity contribution is -0.137. The molecule has 11 heteroatoms. The summed E-state index contributed by atoms with van der Waals surface area (Å²) >= 11 is 0. The maximum absolute atomic E-state index is 12.9. The third kappa shape index (κ3) is 5.12. The number of nitrogen functional groups attached to an aromatic ring is 1. The Labute approximate surface area is 189 Å². The van der Waals surface area contributed by atoms with Crippen LogP contribution in [0, 0.1) is 6.92 Å². The van der Waals surface area contributed by atoms with Crippen LogP contribution >= 0.6 is 0 Å². The summed E-state index contributed by atoms with van der Waals surface area (Å²) < 4.78 is 40.6. The van der Waals surface area contributed by atoms with Gasteiger partial charge in [-0.1, -0.05) is 19.1 Å². The lowest BCUT2D eigenvalue weighted by Gasteiger charge is -2.17. The third-order valence-corrected chi connectivity index (χ3v) is 5.30. The second-order valence-corrected chi connectivity index (χ2v) is 7.49. The maximum Gasteiger partial charge on any atom is 0.416 e. The van der Waals surface area contributed by atoms with Crippen LogP contribution in [0.3, 0.4) is 0 Å². The average molecular weight is 461 g/mol. The number of aryl methyl sites for hydroxylation is 3. The van der Waals surface area contributed by atoms with Gasteiger partial charge in [0, 0.05) is 19.0 Å². The lowest BCUT2D eigenvalue weighted by atomic mass is 9.96. The number of halogens is 3.